The molecule has 0 aliphatic heterocycles. The Labute approximate surface area is 208 Å². The summed E-state index contributed by atoms with van der Waals surface area (Å²) in [6, 6.07) is 6.28. The van der Waals surface area contributed by atoms with Crippen LogP contribution in [0.5, 0.6) is 0 Å². The van der Waals surface area contributed by atoms with Crippen molar-refractivity contribution in [1.29, 1.82) is 0 Å². The number of carboxylic acid groups (broad SMARTS) is 1. The minimum absolute atomic E-state index is 0.156. The van der Waals surface area contributed by atoms with Crippen LogP contribution in [0.1, 0.15) is 65.9 Å². The molecule has 0 unspecified atom stereocenters. The summed E-state index contributed by atoms with van der Waals surface area (Å²) >= 11 is 0. The standard InChI is InChI=1S/C26H42N4O5/c1-6-20(29-26(35)22(12-16(2)3)28-23(31)13-17(4)5)25(34)30-21(19(27)15-24(32)33)14-18-10-8-7-9-11-18/h7-11,16-17,19-22H,6,12-15,27H2,1-5H3,(H,28,31)(H,29,35)(H,30,34)(H,32,33)/t19-,20-,21-,22-/m0/s1. The van der Waals surface area contributed by atoms with Crippen LogP contribution in [-0.4, -0.2) is 53.0 Å². The van der Waals surface area contributed by atoms with Gasteiger partial charge in [-0.25, -0.2) is 0 Å². The molecule has 0 fully saturated rings. The summed E-state index contributed by atoms with van der Waals surface area (Å²) in [7, 11) is 0. The molecule has 0 bridgehead atoms. The number of hydrogen-bond acceptors (Lipinski definition) is 5. The fourth-order valence-electron chi connectivity index (χ4n) is 3.76. The second-order valence-corrected chi connectivity index (χ2v) is 9.88. The van der Waals surface area contributed by atoms with Crippen LogP contribution in [0.25, 0.3) is 0 Å². The van der Waals surface area contributed by atoms with Gasteiger partial charge in [0, 0.05) is 18.5 Å². The zero-order chi connectivity index (χ0) is 26.5. The van der Waals surface area contributed by atoms with Crippen molar-refractivity contribution < 1.29 is 24.3 Å². The zero-order valence-corrected chi connectivity index (χ0v) is 21.5. The van der Waals surface area contributed by atoms with Crippen molar-refractivity contribution in [2.45, 2.75) is 90.9 Å². The van der Waals surface area contributed by atoms with Gasteiger partial charge in [-0.15, -0.1) is 0 Å². The first kappa shape index (κ1) is 30.1. The van der Waals surface area contributed by atoms with Crippen molar-refractivity contribution in [2.75, 3.05) is 0 Å². The lowest BCUT2D eigenvalue weighted by Crippen LogP contribution is -2.57. The Hall–Kier alpha value is -2.94. The number of hydrogen-bond donors (Lipinski definition) is 5. The molecule has 0 heterocycles. The molecule has 196 valence electrons. The number of carbonyl (C=O) groups is 4. The predicted octanol–water partition coefficient (Wildman–Crippen LogP) is 1.99. The Morgan fingerprint density at radius 2 is 1.46 bits per heavy atom. The van der Waals surface area contributed by atoms with Crippen LogP contribution in [0.2, 0.25) is 0 Å². The largest absolute Gasteiger partial charge is 0.481 e. The number of nitrogens with one attached hydrogen (secondary N) is 3. The molecule has 4 atom stereocenters. The van der Waals surface area contributed by atoms with Gasteiger partial charge in [-0.3, -0.25) is 19.2 Å². The van der Waals surface area contributed by atoms with E-state index in [1.807, 2.05) is 58.0 Å². The van der Waals surface area contributed by atoms with E-state index in [1.165, 1.54) is 0 Å². The van der Waals surface area contributed by atoms with Crippen molar-refractivity contribution in [3.8, 4) is 0 Å². The SMILES string of the molecule is CC[C@H](NC(=O)[C@H](CC(C)C)NC(=O)CC(C)C)C(=O)N[C@@H](Cc1ccccc1)[C@@H](N)CC(=O)O. The zero-order valence-electron chi connectivity index (χ0n) is 21.5. The van der Waals surface area contributed by atoms with Crippen LogP contribution in [0.3, 0.4) is 0 Å². The summed E-state index contributed by atoms with van der Waals surface area (Å²) in [5.41, 5.74) is 7.03. The molecule has 0 aliphatic rings. The highest BCUT2D eigenvalue weighted by atomic mass is 16.4. The Bertz CT molecular complexity index is 828. The number of aliphatic carboxylic acids is 1. The Morgan fingerprint density at radius 1 is 0.857 bits per heavy atom. The number of nitrogens with two attached hydrogens (primary N) is 1. The van der Waals surface area contributed by atoms with E-state index in [1.54, 1.807) is 6.92 Å². The first-order chi connectivity index (χ1) is 16.4. The van der Waals surface area contributed by atoms with E-state index in [0.29, 0.717) is 25.7 Å². The first-order valence-electron chi connectivity index (χ1n) is 12.3. The van der Waals surface area contributed by atoms with Crippen molar-refractivity contribution in [3.05, 3.63) is 35.9 Å². The molecular weight excluding hydrogens is 448 g/mol. The average molecular weight is 491 g/mol. The summed E-state index contributed by atoms with van der Waals surface area (Å²) in [6.45, 7) is 9.53. The van der Waals surface area contributed by atoms with Crippen molar-refractivity contribution in [3.63, 3.8) is 0 Å². The van der Waals surface area contributed by atoms with Crippen LogP contribution in [0.15, 0.2) is 30.3 Å². The van der Waals surface area contributed by atoms with Crippen LogP contribution in [0, 0.1) is 11.8 Å². The summed E-state index contributed by atoms with van der Waals surface area (Å²) in [4.78, 5) is 49.6. The van der Waals surface area contributed by atoms with Gasteiger partial charge in [-0.2, -0.15) is 0 Å². The van der Waals surface area contributed by atoms with Crippen molar-refractivity contribution in [2.24, 2.45) is 17.6 Å². The van der Waals surface area contributed by atoms with Gasteiger partial charge in [0.05, 0.1) is 6.42 Å². The molecule has 3 amide bonds. The van der Waals surface area contributed by atoms with Gasteiger partial charge in [-0.1, -0.05) is 65.0 Å². The van der Waals surface area contributed by atoms with Crippen molar-refractivity contribution >= 4 is 23.7 Å². The minimum Gasteiger partial charge on any atom is -0.481 e. The summed E-state index contributed by atoms with van der Waals surface area (Å²) < 4.78 is 0. The lowest BCUT2D eigenvalue weighted by molar-refractivity contribution is -0.138. The molecule has 6 N–H and O–H groups in total. The van der Waals surface area contributed by atoms with Gasteiger partial charge in [0.15, 0.2) is 0 Å². The Balaban J connectivity index is 2.94. The van der Waals surface area contributed by atoms with Crippen LogP contribution in [-0.2, 0) is 25.6 Å². The third-order valence-corrected chi connectivity index (χ3v) is 5.55. The second kappa shape index (κ2) is 15.1. The minimum atomic E-state index is -1.06. The fourth-order valence-corrected chi connectivity index (χ4v) is 3.76. The molecule has 1 aromatic carbocycles. The van der Waals surface area contributed by atoms with Crippen LogP contribution >= 0.6 is 0 Å². The maximum absolute atomic E-state index is 13.1. The molecule has 0 aromatic heterocycles. The average Bonchev–Trinajstić information content (AvgIpc) is 2.75. The van der Waals surface area contributed by atoms with Crippen LogP contribution in [0.4, 0.5) is 0 Å². The lowest BCUT2D eigenvalue weighted by atomic mass is 9.97. The maximum Gasteiger partial charge on any atom is 0.305 e. The quantitative estimate of drug-likeness (QED) is 0.254. The second-order valence-electron chi connectivity index (χ2n) is 9.88. The number of benzene rings is 1. The molecule has 9 nitrogen and oxygen atoms in total. The lowest BCUT2D eigenvalue weighted by Gasteiger charge is -2.28. The Morgan fingerprint density at radius 3 is 1.97 bits per heavy atom. The highest BCUT2D eigenvalue weighted by Gasteiger charge is 2.29. The van der Waals surface area contributed by atoms with E-state index in [0.717, 1.165) is 5.56 Å². The fraction of sp³-hybridized carbons (Fsp3) is 0.615. The van der Waals surface area contributed by atoms with Gasteiger partial charge < -0.3 is 26.8 Å². The van der Waals surface area contributed by atoms with E-state index in [-0.39, 0.29) is 24.2 Å². The van der Waals surface area contributed by atoms with Gasteiger partial charge in [0.2, 0.25) is 17.7 Å². The monoisotopic (exact) mass is 490 g/mol. The molecule has 1 aromatic rings. The molecule has 0 saturated heterocycles. The number of carboxylic acids is 1. The molecule has 9 heteroatoms. The number of amides is 3. The molecule has 0 aliphatic carbocycles. The van der Waals surface area contributed by atoms with E-state index in [4.69, 9.17) is 5.73 Å². The smallest absolute Gasteiger partial charge is 0.305 e. The topological polar surface area (TPSA) is 151 Å². The highest BCUT2D eigenvalue weighted by molar-refractivity contribution is 5.92. The molecule has 0 spiro atoms. The van der Waals surface area contributed by atoms with Gasteiger partial charge in [0.25, 0.3) is 0 Å². The summed E-state index contributed by atoms with van der Waals surface area (Å²) in [5, 5.41) is 17.6. The third kappa shape index (κ3) is 11.8. The maximum atomic E-state index is 13.1. The predicted molar refractivity (Wildman–Crippen MR) is 135 cm³/mol. The van der Waals surface area contributed by atoms with E-state index in [2.05, 4.69) is 16.0 Å². The van der Waals surface area contributed by atoms with E-state index >= 15 is 0 Å². The van der Waals surface area contributed by atoms with Gasteiger partial charge in [0.1, 0.15) is 12.1 Å². The highest BCUT2D eigenvalue weighted by Crippen LogP contribution is 2.10. The van der Waals surface area contributed by atoms with E-state index in [9.17, 15) is 24.3 Å². The molecule has 35 heavy (non-hydrogen) atoms. The van der Waals surface area contributed by atoms with Crippen LogP contribution < -0.4 is 21.7 Å². The normalized spacial score (nSPS) is 14.6. The third-order valence-electron chi connectivity index (χ3n) is 5.55. The number of carbonyl (C=O) groups excluding carboxylic acids is 3. The van der Waals surface area contributed by atoms with E-state index < -0.39 is 42.0 Å². The molecular formula is C26H42N4O5. The first-order valence-corrected chi connectivity index (χ1v) is 12.3. The van der Waals surface area contributed by atoms with Crippen molar-refractivity contribution in [1.82, 2.24) is 16.0 Å². The summed E-state index contributed by atoms with van der Waals surface area (Å²) in [5.74, 6) is -1.82. The Kier molecular flexibility index (Phi) is 13.0. The molecule has 1 rings (SSSR count). The van der Waals surface area contributed by atoms with Gasteiger partial charge >= 0.3 is 5.97 Å². The number of rotatable bonds is 15. The van der Waals surface area contributed by atoms with Gasteiger partial charge in [-0.05, 0) is 36.7 Å². The summed E-state index contributed by atoms with van der Waals surface area (Å²) in [6.07, 6.45) is 1.11. The molecule has 0 saturated carbocycles. The molecule has 0 radical (unpaired) electrons.